The number of ketones is 1. The van der Waals surface area contributed by atoms with Crippen molar-refractivity contribution in [1.82, 2.24) is 0 Å². The summed E-state index contributed by atoms with van der Waals surface area (Å²) in [6.45, 7) is 3.65. The van der Waals surface area contributed by atoms with Crippen molar-refractivity contribution in [3.05, 3.63) is 57.0 Å². The Labute approximate surface area is 97.6 Å². The lowest BCUT2D eigenvalue weighted by Gasteiger charge is -2.04. The van der Waals surface area contributed by atoms with Crippen LogP contribution in [0, 0.1) is 19.7 Å². The molecule has 0 atom stereocenters. The summed E-state index contributed by atoms with van der Waals surface area (Å²) < 4.78 is 12.9. The average molecular weight is 234 g/mol. The fourth-order valence-corrected chi connectivity index (χ4v) is 2.45. The van der Waals surface area contributed by atoms with Gasteiger partial charge in [0.05, 0.1) is 0 Å². The third-order valence-corrected chi connectivity index (χ3v) is 3.39. The van der Waals surface area contributed by atoms with Crippen molar-refractivity contribution in [2.24, 2.45) is 0 Å². The first-order valence-corrected chi connectivity index (χ1v) is 5.87. The Balaban J connectivity index is 2.46. The zero-order valence-corrected chi connectivity index (χ0v) is 9.90. The van der Waals surface area contributed by atoms with Crippen molar-refractivity contribution in [1.29, 1.82) is 0 Å². The number of aryl methyl sites for hydroxylation is 2. The molecule has 1 aromatic carbocycles. The Morgan fingerprint density at radius 1 is 1.12 bits per heavy atom. The first-order valence-electron chi connectivity index (χ1n) is 4.93. The maximum atomic E-state index is 12.9. The van der Waals surface area contributed by atoms with Crippen LogP contribution >= 0.6 is 11.3 Å². The summed E-state index contributed by atoms with van der Waals surface area (Å²) in [5.74, 6) is -0.340. The molecule has 2 aromatic rings. The molecule has 0 aliphatic heterocycles. The number of hydrogen-bond acceptors (Lipinski definition) is 2. The van der Waals surface area contributed by atoms with E-state index in [1.165, 1.54) is 23.5 Å². The van der Waals surface area contributed by atoms with Crippen LogP contribution in [0.3, 0.4) is 0 Å². The zero-order valence-electron chi connectivity index (χ0n) is 9.08. The summed E-state index contributed by atoms with van der Waals surface area (Å²) in [7, 11) is 0. The lowest BCUT2D eigenvalue weighted by Crippen LogP contribution is -2.04. The van der Waals surface area contributed by atoms with Crippen LogP contribution in [0.2, 0.25) is 0 Å². The highest BCUT2D eigenvalue weighted by Crippen LogP contribution is 2.20. The van der Waals surface area contributed by atoms with Crippen molar-refractivity contribution in [3.63, 3.8) is 0 Å². The largest absolute Gasteiger partial charge is 0.289 e. The van der Waals surface area contributed by atoms with E-state index in [1.807, 2.05) is 17.7 Å². The van der Waals surface area contributed by atoms with Crippen molar-refractivity contribution in [2.45, 2.75) is 13.8 Å². The van der Waals surface area contributed by atoms with E-state index in [0.29, 0.717) is 16.7 Å². The van der Waals surface area contributed by atoms with E-state index < -0.39 is 0 Å². The summed E-state index contributed by atoms with van der Waals surface area (Å²) in [5.41, 5.74) is 2.93. The van der Waals surface area contributed by atoms with Gasteiger partial charge >= 0.3 is 0 Å². The molecule has 0 aliphatic carbocycles. The Morgan fingerprint density at radius 3 is 2.44 bits per heavy atom. The fourth-order valence-electron chi connectivity index (χ4n) is 1.62. The van der Waals surface area contributed by atoms with Crippen LogP contribution < -0.4 is 0 Å². The molecule has 0 saturated heterocycles. The fraction of sp³-hybridized carbons (Fsp3) is 0.154. The minimum absolute atomic E-state index is 0.0312. The molecule has 0 aliphatic rings. The summed E-state index contributed by atoms with van der Waals surface area (Å²) in [6, 6.07) is 4.25. The second-order valence-corrected chi connectivity index (χ2v) is 4.50. The van der Waals surface area contributed by atoms with Gasteiger partial charge in [0.1, 0.15) is 5.82 Å². The molecular weight excluding hydrogens is 223 g/mol. The molecule has 1 heterocycles. The molecule has 0 unspecified atom stereocenters. The van der Waals surface area contributed by atoms with E-state index in [-0.39, 0.29) is 11.6 Å². The Morgan fingerprint density at radius 2 is 1.88 bits per heavy atom. The van der Waals surface area contributed by atoms with Gasteiger partial charge in [-0.15, -0.1) is 0 Å². The van der Waals surface area contributed by atoms with E-state index in [4.69, 9.17) is 0 Å². The minimum atomic E-state index is -0.309. The molecule has 0 radical (unpaired) electrons. The quantitative estimate of drug-likeness (QED) is 0.723. The van der Waals surface area contributed by atoms with E-state index in [9.17, 15) is 9.18 Å². The number of thiophene rings is 1. The van der Waals surface area contributed by atoms with Gasteiger partial charge in [-0.1, -0.05) is 0 Å². The van der Waals surface area contributed by atoms with Gasteiger partial charge in [0.15, 0.2) is 5.78 Å². The van der Waals surface area contributed by atoms with Crippen LogP contribution in [-0.4, -0.2) is 5.78 Å². The van der Waals surface area contributed by atoms with Crippen molar-refractivity contribution in [2.75, 3.05) is 0 Å². The van der Waals surface area contributed by atoms with Gasteiger partial charge < -0.3 is 0 Å². The zero-order chi connectivity index (χ0) is 11.7. The van der Waals surface area contributed by atoms with Crippen LogP contribution in [0.4, 0.5) is 4.39 Å². The molecule has 0 fully saturated rings. The van der Waals surface area contributed by atoms with Gasteiger partial charge in [0, 0.05) is 16.5 Å². The Bertz CT molecular complexity index is 543. The molecule has 0 saturated carbocycles. The molecule has 0 N–H and O–H groups in total. The lowest BCUT2D eigenvalue weighted by molar-refractivity contribution is 0.103. The van der Waals surface area contributed by atoms with Gasteiger partial charge in [-0.2, -0.15) is 11.3 Å². The van der Waals surface area contributed by atoms with Crippen molar-refractivity contribution in [3.8, 4) is 0 Å². The van der Waals surface area contributed by atoms with E-state index >= 15 is 0 Å². The van der Waals surface area contributed by atoms with Crippen LogP contribution in [0.15, 0.2) is 29.0 Å². The van der Waals surface area contributed by atoms with Crippen molar-refractivity contribution < 1.29 is 9.18 Å². The number of hydrogen-bond donors (Lipinski definition) is 0. The maximum Gasteiger partial charge on any atom is 0.194 e. The maximum absolute atomic E-state index is 12.9. The van der Waals surface area contributed by atoms with Crippen LogP contribution in [0.25, 0.3) is 0 Å². The predicted molar refractivity (Wildman–Crippen MR) is 63.6 cm³/mol. The van der Waals surface area contributed by atoms with E-state index in [1.54, 1.807) is 13.0 Å². The van der Waals surface area contributed by atoms with Crippen LogP contribution in [0.1, 0.15) is 27.0 Å². The summed E-state index contributed by atoms with van der Waals surface area (Å²) in [4.78, 5) is 12.1. The first-order chi connectivity index (χ1) is 7.59. The topological polar surface area (TPSA) is 17.1 Å². The van der Waals surface area contributed by atoms with Crippen LogP contribution in [0.5, 0.6) is 0 Å². The second kappa shape index (κ2) is 4.18. The summed E-state index contributed by atoms with van der Waals surface area (Å²) in [5, 5.41) is 3.77. The highest BCUT2D eigenvalue weighted by Gasteiger charge is 2.14. The van der Waals surface area contributed by atoms with Gasteiger partial charge in [-0.25, -0.2) is 4.39 Å². The lowest BCUT2D eigenvalue weighted by atomic mass is 9.99. The smallest absolute Gasteiger partial charge is 0.194 e. The Hall–Kier alpha value is -1.48. The highest BCUT2D eigenvalue weighted by atomic mass is 32.1. The molecule has 82 valence electrons. The molecule has 0 bridgehead atoms. The third kappa shape index (κ3) is 1.91. The molecule has 0 amide bonds. The SMILES string of the molecule is Cc1cc(F)ccc1C(=O)c1cscc1C. The van der Waals surface area contributed by atoms with Gasteiger partial charge in [0.2, 0.25) is 0 Å². The normalized spacial score (nSPS) is 10.4. The molecular formula is C13H11FOS. The second-order valence-electron chi connectivity index (χ2n) is 3.76. The number of rotatable bonds is 2. The average Bonchev–Trinajstić information content (AvgIpc) is 2.63. The monoisotopic (exact) mass is 234 g/mol. The molecule has 1 aromatic heterocycles. The minimum Gasteiger partial charge on any atom is -0.289 e. The van der Waals surface area contributed by atoms with E-state index in [0.717, 1.165) is 5.56 Å². The third-order valence-electron chi connectivity index (χ3n) is 2.53. The van der Waals surface area contributed by atoms with Gasteiger partial charge in [-0.05, 0) is 48.6 Å². The van der Waals surface area contributed by atoms with Gasteiger partial charge in [0.25, 0.3) is 0 Å². The molecule has 1 nitrogen and oxygen atoms in total. The molecule has 0 spiro atoms. The predicted octanol–water partition coefficient (Wildman–Crippen LogP) is 3.74. The summed E-state index contributed by atoms with van der Waals surface area (Å²) in [6.07, 6.45) is 0. The molecule has 3 heteroatoms. The van der Waals surface area contributed by atoms with E-state index in [2.05, 4.69) is 0 Å². The number of halogens is 1. The molecule has 16 heavy (non-hydrogen) atoms. The van der Waals surface area contributed by atoms with Crippen molar-refractivity contribution >= 4 is 17.1 Å². The summed E-state index contributed by atoms with van der Waals surface area (Å²) >= 11 is 1.50. The number of carbonyl (C=O) groups excluding carboxylic acids is 1. The Kier molecular flexibility index (Phi) is 2.88. The molecule has 2 rings (SSSR count). The first kappa shape index (κ1) is 11.0. The van der Waals surface area contributed by atoms with Crippen LogP contribution in [-0.2, 0) is 0 Å². The number of carbonyl (C=O) groups is 1. The standard InChI is InChI=1S/C13H11FOS/c1-8-5-10(14)3-4-11(8)13(15)12-7-16-6-9(12)2/h3-7H,1-2H3. The van der Waals surface area contributed by atoms with Gasteiger partial charge in [-0.3, -0.25) is 4.79 Å². The highest BCUT2D eigenvalue weighted by molar-refractivity contribution is 7.08. The number of benzene rings is 1.